The third-order valence-electron chi connectivity index (χ3n) is 4.49. The van der Waals surface area contributed by atoms with Gasteiger partial charge in [0, 0.05) is 12.1 Å². The molecule has 1 amide bonds. The zero-order valence-corrected chi connectivity index (χ0v) is 14.5. The molecule has 0 bridgehead atoms. The smallest absolute Gasteiger partial charge is 0.246 e. The minimum Gasteiger partial charge on any atom is -0.329 e. The monoisotopic (exact) mass is 352 g/mol. The number of aromatic nitrogens is 3. The van der Waals surface area contributed by atoms with E-state index in [0.717, 1.165) is 17.0 Å². The van der Waals surface area contributed by atoms with Crippen molar-refractivity contribution < 1.29 is 4.79 Å². The summed E-state index contributed by atoms with van der Waals surface area (Å²) in [6.45, 7) is 2.89. The van der Waals surface area contributed by atoms with E-state index >= 15 is 0 Å². The Balaban J connectivity index is 1.69. The van der Waals surface area contributed by atoms with Crippen molar-refractivity contribution >= 4 is 17.5 Å². The highest BCUT2D eigenvalue weighted by molar-refractivity contribution is 6.33. The summed E-state index contributed by atoms with van der Waals surface area (Å²) in [5.41, 5.74) is 1.89. The predicted octanol–water partition coefficient (Wildman–Crippen LogP) is 3.70. The Bertz CT molecular complexity index is 922. The molecular weight excluding hydrogens is 336 g/mol. The second-order valence-electron chi connectivity index (χ2n) is 6.15. The van der Waals surface area contributed by atoms with Gasteiger partial charge in [-0.05, 0) is 24.6 Å². The van der Waals surface area contributed by atoms with Crippen LogP contribution in [0.2, 0.25) is 5.02 Å². The van der Waals surface area contributed by atoms with E-state index in [1.54, 1.807) is 0 Å². The Morgan fingerprint density at radius 2 is 1.80 bits per heavy atom. The molecule has 0 spiro atoms. The third-order valence-corrected chi connectivity index (χ3v) is 4.82. The number of nitrogens with zero attached hydrogens (tertiary/aromatic N) is 4. The number of hydrogen-bond donors (Lipinski definition) is 0. The molecule has 0 radical (unpaired) electrons. The molecule has 6 heteroatoms. The number of amides is 1. The van der Waals surface area contributed by atoms with Gasteiger partial charge in [0.25, 0.3) is 0 Å². The number of halogens is 1. The molecule has 2 aromatic carbocycles. The first kappa shape index (κ1) is 15.8. The number of carbonyl (C=O) groups excluding carboxylic acids is 1. The van der Waals surface area contributed by atoms with Gasteiger partial charge >= 0.3 is 0 Å². The average Bonchev–Trinajstić information content (AvgIpc) is 3.04. The standard InChI is InChI=1S/C19H17ClN4O/c1-13-19(25)23(11-14-7-3-2-4-8-14)12-17-21-22-18(24(13)17)15-9-5-6-10-16(15)20/h2-10,13H,11-12H2,1H3/t13-/m1/s1. The van der Waals surface area contributed by atoms with Crippen molar-refractivity contribution in [1.82, 2.24) is 19.7 Å². The van der Waals surface area contributed by atoms with Gasteiger partial charge in [-0.1, -0.05) is 54.1 Å². The summed E-state index contributed by atoms with van der Waals surface area (Å²) < 4.78 is 1.89. The van der Waals surface area contributed by atoms with Crippen LogP contribution < -0.4 is 0 Å². The molecule has 0 fully saturated rings. The van der Waals surface area contributed by atoms with Crippen LogP contribution in [0.5, 0.6) is 0 Å². The molecule has 0 unspecified atom stereocenters. The zero-order valence-electron chi connectivity index (χ0n) is 13.8. The summed E-state index contributed by atoms with van der Waals surface area (Å²) in [5, 5.41) is 9.22. The first-order chi connectivity index (χ1) is 12.1. The highest BCUT2D eigenvalue weighted by Gasteiger charge is 2.33. The van der Waals surface area contributed by atoms with Gasteiger partial charge in [-0.2, -0.15) is 0 Å². The van der Waals surface area contributed by atoms with Crippen molar-refractivity contribution in [3.63, 3.8) is 0 Å². The second kappa shape index (κ2) is 6.33. The van der Waals surface area contributed by atoms with E-state index in [0.29, 0.717) is 23.9 Å². The fraction of sp³-hybridized carbons (Fsp3) is 0.211. The van der Waals surface area contributed by atoms with Gasteiger partial charge in [0.05, 0.1) is 11.6 Å². The van der Waals surface area contributed by atoms with E-state index in [1.807, 2.05) is 71.0 Å². The molecule has 1 aliphatic rings. The number of rotatable bonds is 3. The van der Waals surface area contributed by atoms with E-state index in [2.05, 4.69) is 10.2 Å². The molecule has 1 aromatic heterocycles. The highest BCUT2D eigenvalue weighted by Crippen LogP contribution is 2.32. The minimum absolute atomic E-state index is 0.0597. The summed E-state index contributed by atoms with van der Waals surface area (Å²) in [6, 6.07) is 17.1. The van der Waals surface area contributed by atoms with Crippen molar-refractivity contribution in [3.05, 3.63) is 71.0 Å². The van der Waals surface area contributed by atoms with E-state index < -0.39 is 0 Å². The van der Waals surface area contributed by atoms with E-state index in [-0.39, 0.29) is 11.9 Å². The Labute approximate surface area is 150 Å². The third kappa shape index (κ3) is 2.81. The molecule has 5 nitrogen and oxygen atoms in total. The molecule has 4 rings (SSSR count). The van der Waals surface area contributed by atoms with Gasteiger partial charge in [-0.25, -0.2) is 0 Å². The van der Waals surface area contributed by atoms with Gasteiger partial charge in [-0.15, -0.1) is 10.2 Å². The minimum atomic E-state index is -0.367. The largest absolute Gasteiger partial charge is 0.329 e. The van der Waals surface area contributed by atoms with Crippen LogP contribution in [0.1, 0.15) is 24.4 Å². The van der Waals surface area contributed by atoms with Gasteiger partial charge in [0.15, 0.2) is 11.6 Å². The lowest BCUT2D eigenvalue weighted by Gasteiger charge is -2.32. The summed E-state index contributed by atoms with van der Waals surface area (Å²) in [4.78, 5) is 14.7. The Hall–Kier alpha value is -2.66. The fourth-order valence-corrected chi connectivity index (χ4v) is 3.45. The van der Waals surface area contributed by atoms with E-state index in [4.69, 9.17) is 11.6 Å². The van der Waals surface area contributed by atoms with Crippen LogP contribution in [0.25, 0.3) is 11.4 Å². The van der Waals surface area contributed by atoms with Crippen molar-refractivity contribution in [3.8, 4) is 11.4 Å². The summed E-state index contributed by atoms with van der Waals surface area (Å²) in [6.07, 6.45) is 0. The van der Waals surface area contributed by atoms with Crippen LogP contribution in [0.4, 0.5) is 0 Å². The first-order valence-electron chi connectivity index (χ1n) is 8.16. The van der Waals surface area contributed by atoms with Crippen LogP contribution in [0.3, 0.4) is 0 Å². The predicted molar refractivity (Wildman–Crippen MR) is 95.9 cm³/mol. The molecule has 0 aliphatic carbocycles. The summed E-state index contributed by atoms with van der Waals surface area (Å²) in [7, 11) is 0. The molecule has 2 heterocycles. The number of benzene rings is 2. The molecule has 126 valence electrons. The van der Waals surface area contributed by atoms with Crippen LogP contribution in [0, 0.1) is 0 Å². The molecular formula is C19H17ClN4O. The van der Waals surface area contributed by atoms with E-state index in [1.165, 1.54) is 0 Å². The highest BCUT2D eigenvalue weighted by atomic mass is 35.5. The molecule has 1 aliphatic heterocycles. The Morgan fingerprint density at radius 3 is 2.56 bits per heavy atom. The topological polar surface area (TPSA) is 51.0 Å². The summed E-state index contributed by atoms with van der Waals surface area (Å²) in [5.74, 6) is 1.48. The lowest BCUT2D eigenvalue weighted by atomic mass is 10.1. The SMILES string of the molecule is C[C@@H]1C(=O)N(Cc2ccccc2)Cc2nnc(-c3ccccc3Cl)n21. The van der Waals surface area contributed by atoms with Crippen molar-refractivity contribution in [1.29, 1.82) is 0 Å². The number of fused-ring (bicyclic) bond motifs is 1. The second-order valence-corrected chi connectivity index (χ2v) is 6.55. The quantitative estimate of drug-likeness (QED) is 0.722. The van der Waals surface area contributed by atoms with Crippen molar-refractivity contribution in [2.24, 2.45) is 0 Å². The van der Waals surface area contributed by atoms with Crippen LogP contribution in [-0.4, -0.2) is 25.6 Å². The van der Waals surface area contributed by atoms with Crippen LogP contribution in [-0.2, 0) is 17.9 Å². The maximum absolute atomic E-state index is 12.9. The Kier molecular flexibility index (Phi) is 4.01. The van der Waals surface area contributed by atoms with Crippen LogP contribution in [0.15, 0.2) is 54.6 Å². The van der Waals surface area contributed by atoms with Crippen molar-refractivity contribution in [2.75, 3.05) is 0 Å². The van der Waals surface area contributed by atoms with Gasteiger partial charge in [0.2, 0.25) is 5.91 Å². The van der Waals surface area contributed by atoms with Crippen molar-refractivity contribution in [2.45, 2.75) is 26.1 Å². The van der Waals surface area contributed by atoms with Gasteiger partial charge in [0.1, 0.15) is 6.04 Å². The van der Waals surface area contributed by atoms with E-state index in [9.17, 15) is 4.79 Å². The molecule has 1 atom stereocenters. The average molecular weight is 353 g/mol. The molecule has 25 heavy (non-hydrogen) atoms. The molecule has 0 saturated heterocycles. The molecule has 0 saturated carbocycles. The zero-order chi connectivity index (χ0) is 17.4. The lowest BCUT2D eigenvalue weighted by Crippen LogP contribution is -2.41. The normalized spacial score (nSPS) is 16.8. The maximum Gasteiger partial charge on any atom is 0.246 e. The fourth-order valence-electron chi connectivity index (χ4n) is 3.23. The number of hydrogen-bond acceptors (Lipinski definition) is 3. The maximum atomic E-state index is 12.9. The molecule has 0 N–H and O–H groups in total. The van der Waals surface area contributed by atoms with Crippen LogP contribution >= 0.6 is 11.6 Å². The van der Waals surface area contributed by atoms with Gasteiger partial charge < -0.3 is 4.90 Å². The summed E-state index contributed by atoms with van der Waals surface area (Å²) >= 11 is 6.30. The molecule has 3 aromatic rings. The van der Waals surface area contributed by atoms with Gasteiger partial charge in [-0.3, -0.25) is 9.36 Å². The number of carbonyl (C=O) groups is 1. The first-order valence-corrected chi connectivity index (χ1v) is 8.54. The lowest BCUT2D eigenvalue weighted by molar-refractivity contribution is -0.137. The Morgan fingerprint density at radius 1 is 1.08 bits per heavy atom.